The highest BCUT2D eigenvalue weighted by molar-refractivity contribution is 6.30. The summed E-state index contributed by atoms with van der Waals surface area (Å²) in [5, 5.41) is 8.10. The van der Waals surface area contributed by atoms with Gasteiger partial charge in [-0.15, -0.1) is 10.2 Å². The summed E-state index contributed by atoms with van der Waals surface area (Å²) in [6.45, 7) is 0.0952. The highest BCUT2D eigenvalue weighted by Gasteiger charge is 2.69. The van der Waals surface area contributed by atoms with Crippen molar-refractivity contribution in [3.8, 4) is 5.75 Å². The summed E-state index contributed by atoms with van der Waals surface area (Å²) in [5.41, 5.74) is 6.00. The van der Waals surface area contributed by atoms with Gasteiger partial charge in [0.25, 0.3) is 5.89 Å². The number of aromatic nitrogens is 2. The van der Waals surface area contributed by atoms with Crippen molar-refractivity contribution in [3.05, 3.63) is 40.8 Å². The molecule has 3 aliphatic rings. The summed E-state index contributed by atoms with van der Waals surface area (Å²) in [4.78, 5) is 0. The van der Waals surface area contributed by atoms with Crippen LogP contribution in [0.15, 0.2) is 22.6 Å². The monoisotopic (exact) mass is 309 g/mol. The van der Waals surface area contributed by atoms with Gasteiger partial charge in [0.15, 0.2) is 6.61 Å². The Hall–Kier alpha value is -1.66. The summed E-state index contributed by atoms with van der Waals surface area (Å²) in [5.74, 6) is 0.845. The van der Waals surface area contributed by atoms with Crippen LogP contribution in [0.3, 0.4) is 0 Å². The first kappa shape index (κ1) is 13.0. The van der Waals surface area contributed by atoms with E-state index in [0.717, 1.165) is 19.3 Å². The molecule has 21 heavy (non-hydrogen) atoms. The van der Waals surface area contributed by atoms with Crippen molar-refractivity contribution in [2.24, 2.45) is 5.73 Å². The molecule has 7 heteroatoms. The fraction of sp³-hybridized carbons (Fsp3) is 0.429. The van der Waals surface area contributed by atoms with Crippen molar-refractivity contribution in [1.29, 1.82) is 0 Å². The van der Waals surface area contributed by atoms with Crippen molar-refractivity contribution in [1.82, 2.24) is 10.2 Å². The van der Waals surface area contributed by atoms with Gasteiger partial charge in [-0.3, -0.25) is 0 Å². The van der Waals surface area contributed by atoms with E-state index in [1.54, 1.807) is 6.07 Å². The molecule has 0 radical (unpaired) electrons. The van der Waals surface area contributed by atoms with E-state index >= 15 is 0 Å². The lowest BCUT2D eigenvalue weighted by Crippen LogP contribution is -2.74. The zero-order chi connectivity index (χ0) is 14.7. The van der Waals surface area contributed by atoms with E-state index in [4.69, 9.17) is 26.5 Å². The Morgan fingerprint density at radius 3 is 2.76 bits per heavy atom. The molecule has 0 aliphatic heterocycles. The van der Waals surface area contributed by atoms with Crippen LogP contribution in [-0.4, -0.2) is 15.7 Å². The third kappa shape index (κ3) is 2.01. The Morgan fingerprint density at radius 1 is 1.33 bits per heavy atom. The van der Waals surface area contributed by atoms with Crippen LogP contribution in [-0.2, 0) is 12.0 Å². The van der Waals surface area contributed by atoms with Crippen LogP contribution < -0.4 is 10.5 Å². The van der Waals surface area contributed by atoms with E-state index in [0.29, 0.717) is 17.5 Å². The molecular formula is C14H13ClFN3O2. The molecule has 3 fully saturated rings. The second-order valence-corrected chi connectivity index (χ2v) is 6.45. The zero-order valence-electron chi connectivity index (χ0n) is 11.1. The van der Waals surface area contributed by atoms with Crippen molar-refractivity contribution >= 4 is 11.6 Å². The fourth-order valence-corrected chi connectivity index (χ4v) is 3.45. The molecule has 2 N–H and O–H groups in total. The van der Waals surface area contributed by atoms with Gasteiger partial charge in [0.1, 0.15) is 11.6 Å². The number of hydrogen-bond acceptors (Lipinski definition) is 5. The quantitative estimate of drug-likeness (QED) is 0.939. The standard InChI is InChI=1S/C14H13ClFN3O2/c15-9-2-1-8(3-10(9)16)20-4-11-18-19-12(21-11)13-5-14(17,6-13)7-13/h1-3H,4-7,17H2. The number of rotatable bonds is 4. The van der Waals surface area contributed by atoms with Gasteiger partial charge in [-0.2, -0.15) is 0 Å². The summed E-state index contributed by atoms with van der Waals surface area (Å²) < 4.78 is 24.3. The Kier molecular flexibility index (Phi) is 2.59. The lowest BCUT2D eigenvalue weighted by Gasteiger charge is -2.66. The van der Waals surface area contributed by atoms with Gasteiger partial charge in [0.2, 0.25) is 5.89 Å². The molecule has 0 spiro atoms. The third-order valence-corrected chi connectivity index (χ3v) is 4.55. The van der Waals surface area contributed by atoms with Crippen LogP contribution in [0.4, 0.5) is 4.39 Å². The van der Waals surface area contributed by atoms with Crippen LogP contribution in [0.25, 0.3) is 0 Å². The van der Waals surface area contributed by atoms with Crippen LogP contribution in [0.5, 0.6) is 5.75 Å². The van der Waals surface area contributed by atoms with Gasteiger partial charge in [-0.25, -0.2) is 4.39 Å². The largest absolute Gasteiger partial charge is 0.484 e. The maximum atomic E-state index is 13.3. The number of benzene rings is 1. The van der Waals surface area contributed by atoms with Crippen molar-refractivity contribution < 1.29 is 13.5 Å². The van der Waals surface area contributed by atoms with Crippen molar-refractivity contribution in [2.45, 2.75) is 36.8 Å². The lowest BCUT2D eigenvalue weighted by atomic mass is 9.40. The van der Waals surface area contributed by atoms with E-state index in [2.05, 4.69) is 10.2 Å². The third-order valence-electron chi connectivity index (χ3n) is 4.25. The SMILES string of the molecule is NC12CC(c3nnc(COc4ccc(Cl)c(F)c4)o3)(C1)C2. The predicted molar refractivity (Wildman–Crippen MR) is 72.5 cm³/mol. The molecule has 2 aromatic rings. The van der Waals surface area contributed by atoms with Gasteiger partial charge in [-0.05, 0) is 31.4 Å². The predicted octanol–water partition coefficient (Wildman–Crippen LogP) is 2.57. The summed E-state index contributed by atoms with van der Waals surface area (Å²) >= 11 is 5.61. The first-order valence-electron chi connectivity index (χ1n) is 6.68. The highest BCUT2D eigenvalue weighted by atomic mass is 35.5. The van der Waals surface area contributed by atoms with Gasteiger partial charge in [0, 0.05) is 11.6 Å². The minimum atomic E-state index is -0.525. The number of ether oxygens (including phenoxy) is 1. The molecule has 1 heterocycles. The Labute approximate surface area is 125 Å². The van der Waals surface area contributed by atoms with E-state index in [1.165, 1.54) is 12.1 Å². The van der Waals surface area contributed by atoms with Crippen LogP contribution in [0, 0.1) is 5.82 Å². The van der Waals surface area contributed by atoms with Gasteiger partial charge in [0.05, 0.1) is 10.4 Å². The first-order valence-corrected chi connectivity index (χ1v) is 7.06. The molecule has 3 saturated carbocycles. The fourth-order valence-electron chi connectivity index (χ4n) is 3.33. The van der Waals surface area contributed by atoms with Crippen molar-refractivity contribution in [3.63, 3.8) is 0 Å². The average Bonchev–Trinajstić information content (AvgIpc) is 2.84. The highest BCUT2D eigenvalue weighted by Crippen LogP contribution is 2.66. The number of halogens is 2. The molecule has 5 nitrogen and oxygen atoms in total. The molecule has 5 rings (SSSR count). The van der Waals surface area contributed by atoms with E-state index < -0.39 is 5.82 Å². The van der Waals surface area contributed by atoms with Gasteiger partial charge < -0.3 is 14.9 Å². The maximum absolute atomic E-state index is 13.3. The molecule has 0 unspecified atom stereocenters. The Morgan fingerprint density at radius 2 is 2.10 bits per heavy atom. The van der Waals surface area contributed by atoms with Gasteiger partial charge >= 0.3 is 0 Å². The minimum Gasteiger partial charge on any atom is -0.484 e. The lowest BCUT2D eigenvalue weighted by molar-refractivity contribution is -0.0774. The molecule has 0 atom stereocenters. The number of hydrogen-bond donors (Lipinski definition) is 1. The Bertz CT molecular complexity index is 698. The molecule has 110 valence electrons. The van der Waals surface area contributed by atoms with E-state index in [9.17, 15) is 4.39 Å². The average molecular weight is 310 g/mol. The van der Waals surface area contributed by atoms with Crippen LogP contribution >= 0.6 is 11.6 Å². The van der Waals surface area contributed by atoms with Crippen LogP contribution in [0.1, 0.15) is 31.0 Å². The smallest absolute Gasteiger partial charge is 0.253 e. The molecule has 3 aliphatic carbocycles. The van der Waals surface area contributed by atoms with E-state index in [-0.39, 0.29) is 22.6 Å². The molecule has 1 aromatic carbocycles. The summed E-state index contributed by atoms with van der Waals surface area (Å²) in [7, 11) is 0. The van der Waals surface area contributed by atoms with Gasteiger partial charge in [-0.1, -0.05) is 11.6 Å². The number of nitrogens with two attached hydrogens (primary N) is 1. The van der Waals surface area contributed by atoms with Crippen molar-refractivity contribution in [2.75, 3.05) is 0 Å². The minimum absolute atomic E-state index is 0.00756. The second kappa shape index (κ2) is 4.18. The summed E-state index contributed by atoms with van der Waals surface area (Å²) in [6.07, 6.45) is 2.72. The van der Waals surface area contributed by atoms with E-state index in [1.807, 2.05) is 0 Å². The summed E-state index contributed by atoms with van der Waals surface area (Å²) in [6, 6.07) is 4.24. The number of nitrogens with zero attached hydrogens (tertiary/aromatic N) is 2. The maximum Gasteiger partial charge on any atom is 0.253 e. The second-order valence-electron chi connectivity index (χ2n) is 6.04. The zero-order valence-corrected chi connectivity index (χ0v) is 11.9. The van der Waals surface area contributed by atoms with Crippen LogP contribution in [0.2, 0.25) is 5.02 Å². The molecular weight excluding hydrogens is 297 g/mol. The molecule has 0 saturated heterocycles. The topological polar surface area (TPSA) is 74.2 Å². The normalized spacial score (nSPS) is 29.7. The molecule has 2 bridgehead atoms. The first-order chi connectivity index (χ1) is 9.98. The Balaban J connectivity index is 1.42. The molecule has 1 aromatic heterocycles. The molecule has 0 amide bonds.